The lowest BCUT2D eigenvalue weighted by Gasteiger charge is -2.25. The maximum absolute atomic E-state index is 12.8. The Labute approximate surface area is 142 Å². The van der Waals surface area contributed by atoms with Gasteiger partial charge in [-0.25, -0.2) is 4.68 Å². The molecule has 0 bridgehead atoms. The SMILES string of the molecule is O=C(Cc1cnn(-c2ccccc2)c1)N(CC1CCCN1)C1CC1. The molecule has 24 heavy (non-hydrogen) atoms. The lowest BCUT2D eigenvalue weighted by molar-refractivity contribution is -0.131. The van der Waals surface area contributed by atoms with Crippen molar-refractivity contribution in [2.75, 3.05) is 13.1 Å². The highest BCUT2D eigenvalue weighted by Gasteiger charge is 2.34. The maximum Gasteiger partial charge on any atom is 0.227 e. The van der Waals surface area contributed by atoms with E-state index in [9.17, 15) is 4.79 Å². The minimum Gasteiger partial charge on any atom is -0.338 e. The van der Waals surface area contributed by atoms with Gasteiger partial charge in [-0.15, -0.1) is 0 Å². The van der Waals surface area contributed by atoms with Crippen molar-refractivity contribution < 1.29 is 4.79 Å². The van der Waals surface area contributed by atoms with Crippen molar-refractivity contribution in [2.24, 2.45) is 0 Å². The third-order valence-corrected chi connectivity index (χ3v) is 4.90. The molecule has 2 aliphatic rings. The lowest BCUT2D eigenvalue weighted by atomic mass is 10.2. The summed E-state index contributed by atoms with van der Waals surface area (Å²) in [4.78, 5) is 14.9. The number of para-hydroxylation sites is 1. The molecule has 0 radical (unpaired) electrons. The van der Waals surface area contributed by atoms with Gasteiger partial charge in [0.15, 0.2) is 0 Å². The number of amides is 1. The summed E-state index contributed by atoms with van der Waals surface area (Å²) in [7, 11) is 0. The molecule has 4 rings (SSSR count). The summed E-state index contributed by atoms with van der Waals surface area (Å²) >= 11 is 0. The first-order chi connectivity index (χ1) is 11.8. The molecule has 1 aliphatic heterocycles. The molecule has 2 fully saturated rings. The Bertz CT molecular complexity index is 686. The van der Waals surface area contributed by atoms with Gasteiger partial charge in [-0.05, 0) is 49.9 Å². The Hall–Kier alpha value is -2.14. The van der Waals surface area contributed by atoms with Crippen LogP contribution >= 0.6 is 0 Å². The Morgan fingerprint density at radius 3 is 2.79 bits per heavy atom. The Balaban J connectivity index is 1.42. The largest absolute Gasteiger partial charge is 0.338 e. The second kappa shape index (κ2) is 6.77. The standard InChI is InChI=1S/C19H24N4O/c24-19(22(17-8-9-17)14-16-5-4-10-20-16)11-15-12-21-23(13-15)18-6-2-1-3-7-18/h1-3,6-7,12-13,16-17,20H,4-5,8-11,14H2. The van der Waals surface area contributed by atoms with E-state index in [0.717, 1.165) is 37.2 Å². The molecule has 1 aliphatic carbocycles. The summed E-state index contributed by atoms with van der Waals surface area (Å²) in [5.74, 6) is 0.235. The van der Waals surface area contributed by atoms with Gasteiger partial charge in [-0.1, -0.05) is 18.2 Å². The number of nitrogens with one attached hydrogen (secondary N) is 1. The molecule has 5 heteroatoms. The van der Waals surface area contributed by atoms with Crippen LogP contribution in [0.3, 0.4) is 0 Å². The van der Waals surface area contributed by atoms with E-state index in [1.54, 1.807) is 0 Å². The van der Waals surface area contributed by atoms with E-state index in [0.29, 0.717) is 18.5 Å². The molecule has 1 aromatic heterocycles. The third-order valence-electron chi connectivity index (χ3n) is 4.90. The van der Waals surface area contributed by atoms with E-state index in [-0.39, 0.29) is 5.91 Å². The van der Waals surface area contributed by atoms with Crippen LogP contribution in [0.2, 0.25) is 0 Å². The summed E-state index contributed by atoms with van der Waals surface area (Å²) in [6.45, 7) is 1.94. The molecule has 2 heterocycles. The first-order valence-electron chi connectivity index (χ1n) is 8.91. The van der Waals surface area contributed by atoms with Crippen LogP contribution in [0.4, 0.5) is 0 Å². The number of carbonyl (C=O) groups is 1. The fourth-order valence-corrected chi connectivity index (χ4v) is 3.44. The van der Waals surface area contributed by atoms with E-state index in [1.807, 2.05) is 47.4 Å². The highest BCUT2D eigenvalue weighted by atomic mass is 16.2. The van der Waals surface area contributed by atoms with E-state index < -0.39 is 0 Å². The van der Waals surface area contributed by atoms with Crippen molar-refractivity contribution in [2.45, 2.75) is 44.2 Å². The Morgan fingerprint density at radius 2 is 2.08 bits per heavy atom. The normalized spacial score (nSPS) is 20.2. The second-order valence-electron chi connectivity index (χ2n) is 6.88. The topological polar surface area (TPSA) is 50.2 Å². The van der Waals surface area contributed by atoms with Gasteiger partial charge in [-0.3, -0.25) is 4.79 Å². The van der Waals surface area contributed by atoms with Crippen molar-refractivity contribution in [3.63, 3.8) is 0 Å². The van der Waals surface area contributed by atoms with Gasteiger partial charge in [0.2, 0.25) is 5.91 Å². The third kappa shape index (κ3) is 3.51. The molecule has 1 saturated heterocycles. The van der Waals surface area contributed by atoms with Crippen LogP contribution in [0.5, 0.6) is 0 Å². The van der Waals surface area contributed by atoms with Crippen molar-refractivity contribution in [3.05, 3.63) is 48.3 Å². The predicted molar refractivity (Wildman–Crippen MR) is 93.0 cm³/mol. The average molecular weight is 324 g/mol. The second-order valence-corrected chi connectivity index (χ2v) is 6.88. The van der Waals surface area contributed by atoms with Crippen molar-refractivity contribution in [1.82, 2.24) is 20.0 Å². The molecule has 1 saturated carbocycles. The molecule has 126 valence electrons. The highest BCUT2D eigenvalue weighted by Crippen LogP contribution is 2.28. The van der Waals surface area contributed by atoms with Gasteiger partial charge in [0, 0.05) is 24.8 Å². The Kier molecular flexibility index (Phi) is 4.34. The number of carbonyl (C=O) groups excluding carboxylic acids is 1. The molecule has 1 N–H and O–H groups in total. The molecule has 2 aromatic rings. The molecule has 0 spiro atoms. The molecular weight excluding hydrogens is 300 g/mol. The van der Waals surface area contributed by atoms with E-state index >= 15 is 0 Å². The van der Waals surface area contributed by atoms with Crippen LogP contribution in [0.15, 0.2) is 42.7 Å². The van der Waals surface area contributed by atoms with Crippen LogP contribution in [0.1, 0.15) is 31.2 Å². The Morgan fingerprint density at radius 1 is 1.25 bits per heavy atom. The summed E-state index contributed by atoms with van der Waals surface area (Å²) in [5, 5.41) is 7.90. The number of rotatable bonds is 6. The molecule has 1 unspecified atom stereocenters. The van der Waals surface area contributed by atoms with Crippen LogP contribution in [0.25, 0.3) is 5.69 Å². The molecule has 1 amide bonds. The zero-order valence-electron chi connectivity index (χ0n) is 13.9. The summed E-state index contributed by atoms with van der Waals surface area (Å²) in [6.07, 6.45) is 8.93. The van der Waals surface area contributed by atoms with Crippen molar-refractivity contribution in [1.29, 1.82) is 0 Å². The fourth-order valence-electron chi connectivity index (χ4n) is 3.44. The number of nitrogens with zero attached hydrogens (tertiary/aromatic N) is 3. The minimum atomic E-state index is 0.235. The first kappa shape index (κ1) is 15.4. The molecule has 5 nitrogen and oxygen atoms in total. The fraction of sp³-hybridized carbons (Fsp3) is 0.474. The van der Waals surface area contributed by atoms with Gasteiger partial charge >= 0.3 is 0 Å². The maximum atomic E-state index is 12.8. The average Bonchev–Trinajstić information content (AvgIpc) is 3.11. The van der Waals surface area contributed by atoms with Crippen molar-refractivity contribution >= 4 is 5.91 Å². The number of hydrogen-bond acceptors (Lipinski definition) is 3. The van der Waals surface area contributed by atoms with Gasteiger partial charge in [0.05, 0.1) is 18.3 Å². The first-order valence-corrected chi connectivity index (χ1v) is 8.91. The number of benzene rings is 1. The zero-order valence-corrected chi connectivity index (χ0v) is 13.9. The van der Waals surface area contributed by atoms with Crippen LogP contribution in [-0.4, -0.2) is 45.8 Å². The highest BCUT2D eigenvalue weighted by molar-refractivity contribution is 5.79. The smallest absolute Gasteiger partial charge is 0.227 e. The minimum absolute atomic E-state index is 0.235. The van der Waals surface area contributed by atoms with Gasteiger partial charge in [-0.2, -0.15) is 5.10 Å². The van der Waals surface area contributed by atoms with Crippen molar-refractivity contribution in [3.8, 4) is 5.69 Å². The van der Waals surface area contributed by atoms with E-state index in [2.05, 4.69) is 15.3 Å². The summed E-state index contributed by atoms with van der Waals surface area (Å²) < 4.78 is 1.84. The summed E-state index contributed by atoms with van der Waals surface area (Å²) in [6, 6.07) is 10.9. The molecule has 1 atom stereocenters. The van der Waals surface area contributed by atoms with E-state index in [1.165, 1.54) is 12.8 Å². The zero-order chi connectivity index (χ0) is 16.4. The van der Waals surface area contributed by atoms with Crippen LogP contribution in [0, 0.1) is 0 Å². The van der Waals surface area contributed by atoms with Crippen LogP contribution in [-0.2, 0) is 11.2 Å². The van der Waals surface area contributed by atoms with Gasteiger partial charge < -0.3 is 10.2 Å². The van der Waals surface area contributed by atoms with E-state index in [4.69, 9.17) is 0 Å². The summed E-state index contributed by atoms with van der Waals surface area (Å²) in [5.41, 5.74) is 2.00. The molecule has 1 aromatic carbocycles. The number of aromatic nitrogens is 2. The lowest BCUT2D eigenvalue weighted by Crippen LogP contribution is -2.43. The van der Waals surface area contributed by atoms with Crippen LogP contribution < -0.4 is 5.32 Å². The quantitative estimate of drug-likeness (QED) is 0.886. The van der Waals surface area contributed by atoms with Gasteiger partial charge in [0.1, 0.15) is 0 Å². The monoisotopic (exact) mass is 324 g/mol. The van der Waals surface area contributed by atoms with Gasteiger partial charge in [0.25, 0.3) is 0 Å². The predicted octanol–water partition coefficient (Wildman–Crippen LogP) is 2.16. The number of hydrogen-bond donors (Lipinski definition) is 1. The molecular formula is C19H24N4O.